The molecule has 0 spiro atoms. The highest BCUT2D eigenvalue weighted by atomic mass is 35.5. The van der Waals surface area contributed by atoms with Gasteiger partial charge in [0.1, 0.15) is 11.9 Å². The summed E-state index contributed by atoms with van der Waals surface area (Å²) in [6.45, 7) is 6.36. The first-order valence-corrected chi connectivity index (χ1v) is 5.66. The van der Waals surface area contributed by atoms with Crippen LogP contribution in [0.5, 0.6) is 5.75 Å². The predicted molar refractivity (Wildman–Crippen MR) is 68.7 cm³/mol. The maximum absolute atomic E-state index is 10.9. The average molecular weight is 271 g/mol. The molecule has 1 rings (SSSR count). The highest BCUT2D eigenvalue weighted by Gasteiger charge is 2.29. The Balaban J connectivity index is 2.84. The Labute approximate surface area is 110 Å². The smallest absolute Gasteiger partial charge is 0.347 e. The number of halogens is 1. The lowest BCUT2D eigenvalue weighted by Gasteiger charge is -2.21. The molecule has 0 saturated heterocycles. The zero-order chi connectivity index (χ0) is 13.9. The lowest BCUT2D eigenvalue weighted by atomic mass is 10.1. The van der Waals surface area contributed by atoms with Gasteiger partial charge < -0.3 is 14.9 Å². The minimum absolute atomic E-state index is 0.120. The molecular formula is C13H15ClO4. The van der Waals surface area contributed by atoms with Gasteiger partial charge in [-0.25, -0.2) is 4.79 Å². The fourth-order valence-corrected chi connectivity index (χ4v) is 1.36. The van der Waals surface area contributed by atoms with Gasteiger partial charge in [-0.3, -0.25) is 0 Å². The molecule has 0 bridgehead atoms. The van der Waals surface area contributed by atoms with Crippen molar-refractivity contribution in [2.24, 2.45) is 0 Å². The van der Waals surface area contributed by atoms with Crippen LogP contribution in [0.25, 0.3) is 0 Å². The molecule has 0 saturated carbocycles. The molecule has 0 heterocycles. The van der Waals surface area contributed by atoms with Gasteiger partial charge in [0, 0.05) is 5.03 Å². The summed E-state index contributed by atoms with van der Waals surface area (Å²) >= 11 is 5.60. The van der Waals surface area contributed by atoms with E-state index in [2.05, 4.69) is 6.58 Å². The van der Waals surface area contributed by atoms with Gasteiger partial charge in [0.2, 0.25) is 0 Å². The second kappa shape index (κ2) is 5.42. The Bertz CT molecular complexity index is 451. The third kappa shape index (κ3) is 3.48. The Kier molecular flexibility index (Phi) is 4.38. The largest absolute Gasteiger partial charge is 0.478 e. The summed E-state index contributed by atoms with van der Waals surface area (Å²) in [6.07, 6.45) is -0.951. The summed E-state index contributed by atoms with van der Waals surface area (Å²) in [5.74, 6) is -0.653. The van der Waals surface area contributed by atoms with Crippen LogP contribution < -0.4 is 4.74 Å². The standard InChI is InChI=1S/C13H15ClO4/c1-8(14)11(15)9-4-6-10(7-5-9)18-13(2,3)12(16)17/h4-7,11,15H,1H2,2-3H3,(H,16,17). The van der Waals surface area contributed by atoms with Crippen molar-refractivity contribution in [3.05, 3.63) is 41.4 Å². The molecule has 0 amide bonds. The van der Waals surface area contributed by atoms with Crippen LogP contribution in [0.4, 0.5) is 0 Å². The lowest BCUT2D eigenvalue weighted by Crippen LogP contribution is -2.37. The van der Waals surface area contributed by atoms with Crippen LogP contribution in [0.1, 0.15) is 25.5 Å². The first kappa shape index (κ1) is 14.5. The second-order valence-corrected chi connectivity index (χ2v) is 4.82. The molecule has 4 nitrogen and oxygen atoms in total. The fraction of sp³-hybridized carbons (Fsp3) is 0.308. The van der Waals surface area contributed by atoms with Crippen molar-refractivity contribution in [2.45, 2.75) is 25.6 Å². The molecule has 5 heteroatoms. The van der Waals surface area contributed by atoms with E-state index in [0.29, 0.717) is 11.3 Å². The van der Waals surface area contributed by atoms with Gasteiger partial charge in [0.15, 0.2) is 5.60 Å². The van der Waals surface area contributed by atoms with Crippen LogP contribution in [-0.2, 0) is 4.79 Å². The molecule has 0 fully saturated rings. The average Bonchev–Trinajstić information content (AvgIpc) is 2.28. The number of carboxylic acids is 1. The quantitative estimate of drug-likeness (QED) is 0.863. The van der Waals surface area contributed by atoms with Gasteiger partial charge in [-0.1, -0.05) is 30.3 Å². The monoisotopic (exact) mass is 270 g/mol. The Morgan fingerprint density at radius 1 is 1.39 bits per heavy atom. The molecular weight excluding hydrogens is 256 g/mol. The number of hydrogen-bond donors (Lipinski definition) is 2. The third-order valence-electron chi connectivity index (χ3n) is 2.38. The molecule has 98 valence electrons. The Morgan fingerprint density at radius 3 is 2.28 bits per heavy atom. The van der Waals surface area contributed by atoms with Gasteiger partial charge in [0.25, 0.3) is 0 Å². The topological polar surface area (TPSA) is 66.8 Å². The number of ether oxygens (including phenoxy) is 1. The van der Waals surface area contributed by atoms with E-state index in [1.54, 1.807) is 24.3 Å². The zero-order valence-corrected chi connectivity index (χ0v) is 10.9. The van der Waals surface area contributed by atoms with E-state index >= 15 is 0 Å². The number of aliphatic hydroxyl groups excluding tert-OH is 1. The Morgan fingerprint density at radius 2 is 1.89 bits per heavy atom. The number of carbonyl (C=O) groups is 1. The lowest BCUT2D eigenvalue weighted by molar-refractivity contribution is -0.152. The van der Waals surface area contributed by atoms with Crippen molar-refractivity contribution in [1.29, 1.82) is 0 Å². The molecule has 1 atom stereocenters. The Hall–Kier alpha value is -1.52. The van der Waals surface area contributed by atoms with E-state index in [0.717, 1.165) is 0 Å². The number of carboxylic acid groups (broad SMARTS) is 1. The minimum atomic E-state index is -1.31. The number of benzene rings is 1. The van der Waals surface area contributed by atoms with Gasteiger partial charge in [0.05, 0.1) is 0 Å². The van der Waals surface area contributed by atoms with Crippen molar-refractivity contribution >= 4 is 17.6 Å². The van der Waals surface area contributed by atoms with E-state index in [1.807, 2.05) is 0 Å². The van der Waals surface area contributed by atoms with Crippen LogP contribution >= 0.6 is 11.6 Å². The highest BCUT2D eigenvalue weighted by molar-refractivity contribution is 6.29. The van der Waals surface area contributed by atoms with Crippen molar-refractivity contribution in [3.63, 3.8) is 0 Å². The van der Waals surface area contributed by atoms with Gasteiger partial charge in [-0.2, -0.15) is 0 Å². The minimum Gasteiger partial charge on any atom is -0.478 e. The van der Waals surface area contributed by atoms with Crippen molar-refractivity contribution in [3.8, 4) is 5.75 Å². The van der Waals surface area contributed by atoms with Crippen LogP contribution in [0.2, 0.25) is 0 Å². The normalized spacial score (nSPS) is 12.9. The maximum atomic E-state index is 10.9. The molecule has 0 radical (unpaired) electrons. The van der Waals surface area contributed by atoms with E-state index in [4.69, 9.17) is 21.4 Å². The van der Waals surface area contributed by atoms with Crippen molar-refractivity contribution < 1.29 is 19.7 Å². The number of rotatable bonds is 5. The molecule has 0 aromatic heterocycles. The van der Waals surface area contributed by atoms with Gasteiger partial charge in [-0.15, -0.1) is 0 Å². The van der Waals surface area contributed by atoms with E-state index < -0.39 is 17.7 Å². The van der Waals surface area contributed by atoms with E-state index in [-0.39, 0.29) is 5.03 Å². The summed E-state index contributed by atoms with van der Waals surface area (Å²) in [6, 6.07) is 6.35. The van der Waals surface area contributed by atoms with E-state index in [1.165, 1.54) is 13.8 Å². The maximum Gasteiger partial charge on any atom is 0.347 e. The first-order chi connectivity index (χ1) is 8.24. The van der Waals surface area contributed by atoms with Gasteiger partial charge >= 0.3 is 5.97 Å². The van der Waals surface area contributed by atoms with Crippen LogP contribution in [0, 0.1) is 0 Å². The fourth-order valence-electron chi connectivity index (χ4n) is 1.24. The molecule has 0 aliphatic carbocycles. The summed E-state index contributed by atoms with van der Waals surface area (Å²) < 4.78 is 5.32. The highest BCUT2D eigenvalue weighted by Crippen LogP contribution is 2.26. The first-order valence-electron chi connectivity index (χ1n) is 5.29. The number of aliphatic carboxylic acids is 1. The zero-order valence-electron chi connectivity index (χ0n) is 10.2. The predicted octanol–water partition coefficient (Wildman–Crippen LogP) is 2.71. The summed E-state index contributed by atoms with van der Waals surface area (Å²) in [5, 5.41) is 18.7. The molecule has 1 unspecified atom stereocenters. The summed E-state index contributed by atoms with van der Waals surface area (Å²) in [4.78, 5) is 10.9. The van der Waals surface area contributed by atoms with Gasteiger partial charge in [-0.05, 0) is 31.5 Å². The molecule has 18 heavy (non-hydrogen) atoms. The third-order valence-corrected chi connectivity index (χ3v) is 2.59. The summed E-state index contributed by atoms with van der Waals surface area (Å²) in [7, 11) is 0. The van der Waals surface area contributed by atoms with Crippen LogP contribution in [-0.4, -0.2) is 21.8 Å². The van der Waals surface area contributed by atoms with E-state index in [9.17, 15) is 9.90 Å². The molecule has 0 aliphatic rings. The van der Waals surface area contributed by atoms with Crippen LogP contribution in [0.3, 0.4) is 0 Å². The SMILES string of the molecule is C=C(Cl)C(O)c1ccc(OC(C)(C)C(=O)O)cc1. The molecule has 2 N–H and O–H groups in total. The molecule has 0 aliphatic heterocycles. The van der Waals surface area contributed by atoms with Crippen molar-refractivity contribution in [1.82, 2.24) is 0 Å². The molecule has 1 aromatic carbocycles. The number of aliphatic hydroxyl groups is 1. The number of hydrogen-bond acceptors (Lipinski definition) is 3. The van der Waals surface area contributed by atoms with Crippen molar-refractivity contribution in [2.75, 3.05) is 0 Å². The van der Waals surface area contributed by atoms with Crippen LogP contribution in [0.15, 0.2) is 35.9 Å². The summed E-state index contributed by atoms with van der Waals surface area (Å²) in [5.41, 5.74) is -0.744. The second-order valence-electron chi connectivity index (χ2n) is 4.34. The molecule has 1 aromatic rings.